The maximum absolute atomic E-state index is 12.8. The minimum absolute atomic E-state index is 0.0359. The van der Waals surface area contributed by atoms with Crippen LogP contribution >= 0.6 is 0 Å². The highest BCUT2D eigenvalue weighted by molar-refractivity contribution is 7.89. The van der Waals surface area contributed by atoms with Crippen LogP contribution in [0.4, 0.5) is 0 Å². The van der Waals surface area contributed by atoms with Gasteiger partial charge < -0.3 is 13.9 Å². The molecular weight excluding hydrogens is 318 g/mol. The molecular formula is C16H19NO5S. The van der Waals surface area contributed by atoms with Crippen molar-refractivity contribution >= 4 is 10.0 Å². The summed E-state index contributed by atoms with van der Waals surface area (Å²) in [4.78, 5) is 0. The van der Waals surface area contributed by atoms with Crippen molar-refractivity contribution in [2.45, 2.75) is 24.0 Å². The quantitative estimate of drug-likeness (QED) is 0.839. The minimum Gasteiger partial charge on any atom is -0.497 e. The van der Waals surface area contributed by atoms with Crippen molar-refractivity contribution in [1.82, 2.24) is 4.31 Å². The van der Waals surface area contributed by atoms with E-state index in [2.05, 4.69) is 0 Å². The Kier molecular flexibility index (Phi) is 4.32. The standard InChI is InChI=1S/C16H19NO5S/c1-20-12-7-8-15(21-2)13(11-12)14-5-3-9-17(14)23(18,19)16-6-4-10-22-16/h4,6-8,10-11,14H,3,5,9H2,1-2H3. The first-order valence-corrected chi connectivity index (χ1v) is 8.79. The van der Waals surface area contributed by atoms with Gasteiger partial charge in [-0.1, -0.05) is 0 Å². The molecule has 1 aliphatic heterocycles. The second kappa shape index (κ2) is 6.25. The molecule has 6 nitrogen and oxygen atoms in total. The fourth-order valence-corrected chi connectivity index (χ4v) is 4.55. The summed E-state index contributed by atoms with van der Waals surface area (Å²) in [5.41, 5.74) is 0.805. The molecule has 0 saturated carbocycles. The lowest BCUT2D eigenvalue weighted by atomic mass is 10.0. The predicted molar refractivity (Wildman–Crippen MR) is 84.1 cm³/mol. The second-order valence-electron chi connectivity index (χ2n) is 5.31. The Morgan fingerprint density at radius 2 is 2.04 bits per heavy atom. The molecule has 7 heteroatoms. The lowest BCUT2D eigenvalue weighted by Crippen LogP contribution is -2.30. The molecule has 1 fully saturated rings. The predicted octanol–water partition coefficient (Wildman–Crippen LogP) is 2.82. The molecule has 0 N–H and O–H groups in total. The molecule has 124 valence electrons. The molecule has 2 aromatic rings. The summed E-state index contributed by atoms with van der Waals surface area (Å²) in [6, 6.07) is 8.17. The van der Waals surface area contributed by atoms with Gasteiger partial charge in [0.15, 0.2) is 0 Å². The lowest BCUT2D eigenvalue weighted by Gasteiger charge is -2.25. The summed E-state index contributed by atoms with van der Waals surface area (Å²) in [7, 11) is -0.511. The lowest BCUT2D eigenvalue weighted by molar-refractivity contribution is 0.349. The number of methoxy groups -OCH3 is 2. The average Bonchev–Trinajstić information content (AvgIpc) is 3.25. The van der Waals surface area contributed by atoms with Crippen LogP contribution < -0.4 is 9.47 Å². The summed E-state index contributed by atoms with van der Waals surface area (Å²) >= 11 is 0. The number of ether oxygens (including phenoxy) is 2. The maximum Gasteiger partial charge on any atom is 0.277 e. The fraction of sp³-hybridized carbons (Fsp3) is 0.375. The highest BCUT2D eigenvalue weighted by Crippen LogP contribution is 2.41. The van der Waals surface area contributed by atoms with Gasteiger partial charge in [0.2, 0.25) is 5.09 Å². The van der Waals surface area contributed by atoms with Gasteiger partial charge in [-0.15, -0.1) is 0 Å². The van der Waals surface area contributed by atoms with Gasteiger partial charge in [0.05, 0.1) is 26.5 Å². The van der Waals surface area contributed by atoms with Crippen LogP contribution in [-0.2, 0) is 10.0 Å². The molecule has 1 atom stereocenters. The number of sulfonamides is 1. The first-order chi connectivity index (χ1) is 11.1. The number of furan rings is 1. The zero-order chi connectivity index (χ0) is 16.4. The van der Waals surface area contributed by atoms with E-state index in [0.29, 0.717) is 18.0 Å². The molecule has 0 bridgehead atoms. The molecule has 23 heavy (non-hydrogen) atoms. The van der Waals surface area contributed by atoms with Crippen LogP contribution in [-0.4, -0.2) is 33.5 Å². The summed E-state index contributed by atoms with van der Waals surface area (Å²) in [6.07, 6.45) is 2.87. The molecule has 1 aliphatic rings. The summed E-state index contributed by atoms with van der Waals surface area (Å²) in [5.74, 6) is 1.32. The molecule has 0 radical (unpaired) electrons. The highest BCUT2D eigenvalue weighted by Gasteiger charge is 2.39. The van der Waals surface area contributed by atoms with Crippen molar-refractivity contribution in [2.24, 2.45) is 0 Å². The number of hydrogen-bond acceptors (Lipinski definition) is 5. The zero-order valence-electron chi connectivity index (χ0n) is 13.1. The van der Waals surface area contributed by atoms with Gasteiger partial charge in [0.1, 0.15) is 11.5 Å². The van der Waals surface area contributed by atoms with E-state index in [4.69, 9.17) is 13.9 Å². The van der Waals surface area contributed by atoms with Gasteiger partial charge in [0, 0.05) is 12.1 Å². The van der Waals surface area contributed by atoms with E-state index in [9.17, 15) is 8.42 Å². The van der Waals surface area contributed by atoms with Crippen LogP contribution in [0.3, 0.4) is 0 Å². The van der Waals surface area contributed by atoms with Crippen molar-refractivity contribution in [3.63, 3.8) is 0 Å². The summed E-state index contributed by atoms with van der Waals surface area (Å²) in [5, 5.41) is -0.0359. The molecule has 0 amide bonds. The van der Waals surface area contributed by atoms with Crippen LogP contribution in [0.2, 0.25) is 0 Å². The molecule has 1 unspecified atom stereocenters. The zero-order valence-corrected chi connectivity index (χ0v) is 13.9. The largest absolute Gasteiger partial charge is 0.497 e. The first-order valence-electron chi connectivity index (χ1n) is 7.35. The van der Waals surface area contributed by atoms with Gasteiger partial charge in [0.25, 0.3) is 10.0 Å². The minimum atomic E-state index is -3.67. The van der Waals surface area contributed by atoms with Crippen LogP contribution in [0, 0.1) is 0 Å². The van der Waals surface area contributed by atoms with E-state index in [1.807, 2.05) is 6.07 Å². The first kappa shape index (κ1) is 15.9. The number of nitrogens with zero attached hydrogens (tertiary/aromatic N) is 1. The number of rotatable bonds is 5. The molecule has 0 spiro atoms. The molecule has 1 aromatic heterocycles. The van der Waals surface area contributed by atoms with Gasteiger partial charge in [-0.05, 0) is 43.2 Å². The van der Waals surface area contributed by atoms with Crippen molar-refractivity contribution in [3.8, 4) is 11.5 Å². The molecule has 2 heterocycles. The van der Waals surface area contributed by atoms with Gasteiger partial charge in [-0.3, -0.25) is 0 Å². The van der Waals surface area contributed by atoms with E-state index < -0.39 is 10.0 Å². The van der Waals surface area contributed by atoms with Crippen molar-refractivity contribution in [2.75, 3.05) is 20.8 Å². The van der Waals surface area contributed by atoms with Crippen LogP contribution in [0.1, 0.15) is 24.4 Å². The van der Waals surface area contributed by atoms with Gasteiger partial charge >= 0.3 is 0 Å². The maximum atomic E-state index is 12.8. The molecule has 1 saturated heterocycles. The van der Waals surface area contributed by atoms with Crippen LogP contribution in [0.15, 0.2) is 46.1 Å². The third-order valence-electron chi connectivity index (χ3n) is 4.06. The van der Waals surface area contributed by atoms with Crippen LogP contribution in [0.25, 0.3) is 0 Å². The summed E-state index contributed by atoms with van der Waals surface area (Å²) in [6.45, 7) is 0.452. The Morgan fingerprint density at radius 1 is 1.22 bits per heavy atom. The molecule has 3 rings (SSSR count). The third kappa shape index (κ3) is 2.82. The normalized spacial score (nSPS) is 19.0. The Hall–Kier alpha value is -1.99. The van der Waals surface area contributed by atoms with Crippen molar-refractivity contribution in [3.05, 3.63) is 42.2 Å². The Labute approximate surface area is 135 Å². The average molecular weight is 337 g/mol. The van der Waals surface area contributed by atoms with E-state index >= 15 is 0 Å². The van der Waals surface area contributed by atoms with Gasteiger partial charge in [-0.25, -0.2) is 8.42 Å². The van der Waals surface area contributed by atoms with E-state index in [-0.39, 0.29) is 11.1 Å². The second-order valence-corrected chi connectivity index (χ2v) is 7.14. The van der Waals surface area contributed by atoms with Gasteiger partial charge in [-0.2, -0.15) is 4.31 Å². The van der Waals surface area contributed by atoms with E-state index in [1.165, 1.54) is 16.6 Å². The Morgan fingerprint density at radius 3 is 2.70 bits per heavy atom. The van der Waals surface area contributed by atoms with Crippen LogP contribution in [0.5, 0.6) is 11.5 Å². The Bertz CT molecular complexity index is 770. The highest BCUT2D eigenvalue weighted by atomic mass is 32.2. The SMILES string of the molecule is COc1ccc(OC)c(C2CCCN2S(=O)(=O)c2ccco2)c1. The topological polar surface area (TPSA) is 69.0 Å². The van der Waals surface area contributed by atoms with Crippen molar-refractivity contribution in [1.29, 1.82) is 0 Å². The number of benzene rings is 1. The molecule has 1 aromatic carbocycles. The van der Waals surface area contributed by atoms with Crippen molar-refractivity contribution < 1.29 is 22.3 Å². The van der Waals surface area contributed by atoms with E-state index in [1.54, 1.807) is 32.4 Å². The smallest absolute Gasteiger partial charge is 0.277 e. The number of hydrogen-bond donors (Lipinski definition) is 0. The summed E-state index contributed by atoms with van der Waals surface area (Å²) < 4.78 is 42.8. The fourth-order valence-electron chi connectivity index (χ4n) is 2.96. The third-order valence-corrected chi connectivity index (χ3v) is 5.85. The van der Waals surface area contributed by atoms with E-state index in [0.717, 1.165) is 18.4 Å². The Balaban J connectivity index is 2.03. The molecule has 0 aliphatic carbocycles. The monoisotopic (exact) mass is 337 g/mol.